The number of hydrogen-bond donors (Lipinski definition) is 0. The van der Waals surface area contributed by atoms with Crippen LogP contribution in [0.4, 0.5) is 4.39 Å². The molecule has 0 radical (unpaired) electrons. The Morgan fingerprint density at radius 2 is 1.92 bits per heavy atom. The summed E-state index contributed by atoms with van der Waals surface area (Å²) >= 11 is 3.24. The van der Waals surface area contributed by atoms with Crippen LogP contribution in [-0.2, 0) is 12.5 Å². The van der Waals surface area contributed by atoms with E-state index in [0.29, 0.717) is 4.47 Å². The molecule has 0 N–H and O–H groups in total. The molecule has 0 saturated heterocycles. The Kier molecular flexibility index (Phi) is 2.34. The highest BCUT2D eigenvalue weighted by atomic mass is 79.9. The van der Waals surface area contributed by atoms with Gasteiger partial charge in [0.15, 0.2) is 0 Å². The fourth-order valence-electron chi connectivity index (χ4n) is 1.10. The quantitative estimate of drug-likeness (QED) is 0.649. The summed E-state index contributed by atoms with van der Waals surface area (Å²) in [6.45, 7) is 6.19. The van der Waals surface area contributed by atoms with Crippen molar-refractivity contribution in [2.45, 2.75) is 26.2 Å². The van der Waals surface area contributed by atoms with Crippen molar-refractivity contribution in [3.8, 4) is 0 Å². The van der Waals surface area contributed by atoms with E-state index in [2.05, 4.69) is 36.7 Å². The Morgan fingerprint density at radius 1 is 1.42 bits per heavy atom. The first-order valence-corrected chi connectivity index (χ1v) is 4.64. The summed E-state index contributed by atoms with van der Waals surface area (Å²) in [6.07, 6.45) is 1.82. The summed E-state index contributed by atoms with van der Waals surface area (Å²) < 4.78 is 15.3. The summed E-state index contributed by atoms with van der Waals surface area (Å²) in [6, 6.07) is 0. The van der Waals surface area contributed by atoms with Crippen LogP contribution in [0.5, 0.6) is 0 Å². The third-order valence-electron chi connectivity index (χ3n) is 1.86. The van der Waals surface area contributed by atoms with Crippen molar-refractivity contribution < 1.29 is 4.39 Å². The average molecular weight is 234 g/mol. The van der Waals surface area contributed by atoms with Gasteiger partial charge in [0.25, 0.3) is 0 Å². The van der Waals surface area contributed by atoms with Crippen LogP contribution in [0.3, 0.4) is 0 Å². The van der Waals surface area contributed by atoms with E-state index in [4.69, 9.17) is 0 Å². The number of rotatable bonds is 0. The van der Waals surface area contributed by atoms with Crippen molar-refractivity contribution in [2.75, 3.05) is 0 Å². The average Bonchev–Trinajstić information content (AvgIpc) is 2.15. The van der Waals surface area contributed by atoms with Gasteiger partial charge in [-0.05, 0) is 26.9 Å². The number of aromatic nitrogens is 1. The predicted molar refractivity (Wildman–Crippen MR) is 51.8 cm³/mol. The number of hydrogen-bond acceptors (Lipinski definition) is 0. The van der Waals surface area contributed by atoms with Gasteiger partial charge in [-0.3, -0.25) is 0 Å². The van der Waals surface area contributed by atoms with Crippen molar-refractivity contribution in [2.24, 2.45) is 7.05 Å². The molecular weight excluding hydrogens is 221 g/mol. The van der Waals surface area contributed by atoms with Crippen LogP contribution in [0.25, 0.3) is 0 Å². The van der Waals surface area contributed by atoms with E-state index in [1.165, 1.54) is 4.57 Å². The lowest BCUT2D eigenvalue weighted by atomic mass is 9.89. The minimum Gasteiger partial charge on any atom is -0.327 e. The molecule has 0 aliphatic carbocycles. The molecule has 12 heavy (non-hydrogen) atoms. The standard InChI is InChI=1S/C9H13BrFN/c1-9(2,3)6-5-12(4)8(11)7(6)10/h5H,1-4H3. The van der Waals surface area contributed by atoms with Crippen LogP contribution in [0, 0.1) is 5.95 Å². The van der Waals surface area contributed by atoms with Gasteiger partial charge in [0.05, 0.1) is 4.47 Å². The third-order valence-corrected chi connectivity index (χ3v) is 2.61. The van der Waals surface area contributed by atoms with Gasteiger partial charge in [-0.1, -0.05) is 20.8 Å². The van der Waals surface area contributed by atoms with Crippen LogP contribution in [0.2, 0.25) is 0 Å². The zero-order valence-electron chi connectivity index (χ0n) is 7.78. The van der Waals surface area contributed by atoms with E-state index in [1.807, 2.05) is 6.20 Å². The molecule has 0 fully saturated rings. The van der Waals surface area contributed by atoms with Gasteiger partial charge < -0.3 is 4.57 Å². The van der Waals surface area contributed by atoms with Gasteiger partial charge in [-0.2, -0.15) is 4.39 Å². The first-order chi connectivity index (χ1) is 5.34. The molecule has 1 nitrogen and oxygen atoms in total. The zero-order valence-corrected chi connectivity index (χ0v) is 9.37. The molecule has 68 valence electrons. The van der Waals surface area contributed by atoms with Crippen molar-refractivity contribution in [1.29, 1.82) is 0 Å². The lowest BCUT2D eigenvalue weighted by molar-refractivity contribution is 0.529. The molecule has 0 bridgehead atoms. The SMILES string of the molecule is Cn1cc(C(C)(C)C)c(Br)c1F. The molecule has 0 spiro atoms. The van der Waals surface area contributed by atoms with Crippen LogP contribution in [-0.4, -0.2) is 4.57 Å². The summed E-state index contributed by atoms with van der Waals surface area (Å²) in [5.41, 5.74) is 0.989. The Hall–Kier alpha value is -0.310. The highest BCUT2D eigenvalue weighted by Crippen LogP contribution is 2.32. The molecule has 0 aliphatic heterocycles. The van der Waals surface area contributed by atoms with Gasteiger partial charge in [-0.25, -0.2) is 0 Å². The lowest BCUT2D eigenvalue weighted by Crippen LogP contribution is -2.10. The Bertz CT molecular complexity index is 296. The molecule has 1 aromatic heterocycles. The third kappa shape index (κ3) is 1.56. The Labute approximate surface area is 80.7 Å². The maximum Gasteiger partial charge on any atom is 0.208 e. The minimum absolute atomic E-state index is 0.0130. The highest BCUT2D eigenvalue weighted by molar-refractivity contribution is 9.10. The van der Waals surface area contributed by atoms with Crippen molar-refractivity contribution >= 4 is 15.9 Å². The molecule has 0 atom stereocenters. The van der Waals surface area contributed by atoms with Gasteiger partial charge >= 0.3 is 0 Å². The summed E-state index contributed by atoms with van der Waals surface area (Å²) in [5.74, 6) is -0.208. The first kappa shape index (κ1) is 9.78. The van der Waals surface area contributed by atoms with Gasteiger partial charge in [0.2, 0.25) is 5.95 Å². The number of halogens is 2. The molecule has 0 unspecified atom stereocenters. The molecular formula is C9H13BrFN. The monoisotopic (exact) mass is 233 g/mol. The maximum atomic E-state index is 13.2. The normalized spacial score (nSPS) is 12.2. The predicted octanol–water partition coefficient (Wildman–Crippen LogP) is 3.22. The highest BCUT2D eigenvalue weighted by Gasteiger charge is 2.22. The molecule has 0 amide bonds. The Morgan fingerprint density at radius 3 is 2.08 bits per heavy atom. The van der Waals surface area contributed by atoms with E-state index >= 15 is 0 Å². The molecule has 3 heteroatoms. The van der Waals surface area contributed by atoms with Crippen LogP contribution in [0.1, 0.15) is 26.3 Å². The number of nitrogens with zero attached hydrogens (tertiary/aromatic N) is 1. The summed E-state index contributed by atoms with van der Waals surface area (Å²) in [5, 5.41) is 0. The molecule has 1 heterocycles. The molecule has 0 aromatic carbocycles. The Balaban J connectivity index is 3.28. The number of aryl methyl sites for hydroxylation is 1. The maximum absolute atomic E-state index is 13.2. The van der Waals surface area contributed by atoms with Gasteiger partial charge in [0, 0.05) is 13.2 Å². The zero-order chi connectivity index (χ0) is 9.52. The van der Waals surface area contributed by atoms with Crippen molar-refractivity contribution in [3.63, 3.8) is 0 Å². The largest absolute Gasteiger partial charge is 0.327 e. The molecule has 1 rings (SSSR count). The molecule has 0 saturated carbocycles. The first-order valence-electron chi connectivity index (χ1n) is 3.85. The second-order valence-corrected chi connectivity index (χ2v) is 4.80. The van der Waals surface area contributed by atoms with Gasteiger partial charge in [0.1, 0.15) is 0 Å². The lowest BCUT2D eigenvalue weighted by Gasteiger charge is -2.16. The van der Waals surface area contributed by atoms with E-state index < -0.39 is 0 Å². The van der Waals surface area contributed by atoms with E-state index in [1.54, 1.807) is 7.05 Å². The van der Waals surface area contributed by atoms with E-state index in [0.717, 1.165) is 5.56 Å². The summed E-state index contributed by atoms with van der Waals surface area (Å²) in [4.78, 5) is 0. The van der Waals surface area contributed by atoms with Crippen LogP contribution >= 0.6 is 15.9 Å². The van der Waals surface area contributed by atoms with E-state index in [9.17, 15) is 4.39 Å². The van der Waals surface area contributed by atoms with Crippen LogP contribution in [0.15, 0.2) is 10.7 Å². The second-order valence-electron chi connectivity index (χ2n) is 4.01. The van der Waals surface area contributed by atoms with E-state index in [-0.39, 0.29) is 11.4 Å². The topological polar surface area (TPSA) is 4.93 Å². The van der Waals surface area contributed by atoms with Crippen molar-refractivity contribution in [3.05, 3.63) is 22.2 Å². The van der Waals surface area contributed by atoms with Crippen molar-refractivity contribution in [1.82, 2.24) is 4.57 Å². The minimum atomic E-state index is -0.208. The second kappa shape index (κ2) is 2.87. The molecule has 0 aliphatic rings. The fraction of sp³-hybridized carbons (Fsp3) is 0.556. The smallest absolute Gasteiger partial charge is 0.208 e. The molecule has 1 aromatic rings. The fourth-order valence-corrected chi connectivity index (χ4v) is 2.07. The van der Waals surface area contributed by atoms with Gasteiger partial charge in [-0.15, -0.1) is 0 Å². The summed E-state index contributed by atoms with van der Waals surface area (Å²) in [7, 11) is 1.70. The van der Waals surface area contributed by atoms with Crippen LogP contribution < -0.4 is 0 Å².